The second-order valence-corrected chi connectivity index (χ2v) is 5.86. The summed E-state index contributed by atoms with van der Waals surface area (Å²) in [7, 11) is 0. The van der Waals surface area contributed by atoms with Crippen LogP contribution in [0.15, 0.2) is 54.9 Å². The maximum absolute atomic E-state index is 9.51. The standard InChI is InChI=1S/C19H17N3/c20-11-18-17(14-22-9-4-3-7-19(18)22)13-21-10-8-15-5-1-2-6-16(15)12-21/h1-7,9,14H,8,10,12-13H2. The van der Waals surface area contributed by atoms with Crippen LogP contribution in [0.2, 0.25) is 0 Å². The van der Waals surface area contributed by atoms with Crippen LogP contribution < -0.4 is 0 Å². The Morgan fingerprint density at radius 1 is 1.05 bits per heavy atom. The summed E-state index contributed by atoms with van der Waals surface area (Å²) in [6.45, 7) is 2.85. The van der Waals surface area contributed by atoms with Gasteiger partial charge in [-0.25, -0.2) is 0 Å². The average Bonchev–Trinajstić information content (AvgIpc) is 2.91. The third-order valence-corrected chi connectivity index (χ3v) is 4.48. The van der Waals surface area contributed by atoms with E-state index in [4.69, 9.17) is 0 Å². The first-order valence-corrected chi connectivity index (χ1v) is 7.63. The van der Waals surface area contributed by atoms with Crippen LogP contribution >= 0.6 is 0 Å². The number of rotatable bonds is 2. The number of nitriles is 1. The molecular weight excluding hydrogens is 270 g/mol. The maximum Gasteiger partial charge on any atom is 0.102 e. The van der Waals surface area contributed by atoms with Gasteiger partial charge in [0.1, 0.15) is 6.07 Å². The van der Waals surface area contributed by atoms with E-state index in [-0.39, 0.29) is 0 Å². The molecule has 0 bridgehead atoms. The summed E-state index contributed by atoms with van der Waals surface area (Å²) in [4.78, 5) is 2.43. The van der Waals surface area contributed by atoms with E-state index in [2.05, 4.69) is 41.4 Å². The van der Waals surface area contributed by atoms with Gasteiger partial charge in [0.15, 0.2) is 0 Å². The molecule has 1 aromatic carbocycles. The summed E-state index contributed by atoms with van der Waals surface area (Å²) in [6.07, 6.45) is 5.19. The lowest BCUT2D eigenvalue weighted by atomic mass is 9.99. The van der Waals surface area contributed by atoms with Crippen molar-refractivity contribution in [2.24, 2.45) is 0 Å². The van der Waals surface area contributed by atoms with Gasteiger partial charge in [-0.05, 0) is 29.7 Å². The van der Waals surface area contributed by atoms with Crippen molar-refractivity contribution in [3.63, 3.8) is 0 Å². The first-order valence-electron chi connectivity index (χ1n) is 7.63. The van der Waals surface area contributed by atoms with Crippen LogP contribution in [-0.2, 0) is 19.5 Å². The Morgan fingerprint density at radius 3 is 2.73 bits per heavy atom. The third-order valence-electron chi connectivity index (χ3n) is 4.48. The van der Waals surface area contributed by atoms with Crippen molar-refractivity contribution in [2.75, 3.05) is 6.54 Å². The topological polar surface area (TPSA) is 31.4 Å². The van der Waals surface area contributed by atoms with Crippen molar-refractivity contribution in [3.8, 4) is 6.07 Å². The fourth-order valence-corrected chi connectivity index (χ4v) is 3.36. The number of fused-ring (bicyclic) bond motifs is 2. The van der Waals surface area contributed by atoms with Gasteiger partial charge < -0.3 is 4.40 Å². The molecule has 0 amide bonds. The fraction of sp³-hybridized carbons (Fsp3) is 0.211. The molecule has 0 radical (unpaired) electrons. The summed E-state index contributed by atoms with van der Waals surface area (Å²) in [6, 6.07) is 17.0. The Kier molecular flexibility index (Phi) is 3.17. The number of aromatic nitrogens is 1. The Labute approximate surface area is 130 Å². The third kappa shape index (κ3) is 2.18. The van der Waals surface area contributed by atoms with Gasteiger partial charge in [-0.3, -0.25) is 4.90 Å². The Balaban J connectivity index is 1.64. The maximum atomic E-state index is 9.51. The number of benzene rings is 1. The van der Waals surface area contributed by atoms with Crippen molar-refractivity contribution >= 4 is 5.52 Å². The second-order valence-electron chi connectivity index (χ2n) is 5.86. The Hall–Kier alpha value is -2.57. The van der Waals surface area contributed by atoms with Crippen molar-refractivity contribution < 1.29 is 0 Å². The van der Waals surface area contributed by atoms with Gasteiger partial charge in [-0.1, -0.05) is 30.3 Å². The highest BCUT2D eigenvalue weighted by Gasteiger charge is 2.18. The van der Waals surface area contributed by atoms with Crippen LogP contribution in [0.25, 0.3) is 5.52 Å². The number of hydrogen-bond donors (Lipinski definition) is 0. The molecule has 0 fully saturated rings. The molecule has 3 heterocycles. The lowest BCUT2D eigenvalue weighted by molar-refractivity contribution is 0.245. The van der Waals surface area contributed by atoms with Gasteiger partial charge in [0.05, 0.1) is 11.1 Å². The van der Waals surface area contributed by atoms with Gasteiger partial charge in [-0.2, -0.15) is 5.26 Å². The molecule has 22 heavy (non-hydrogen) atoms. The molecule has 0 saturated heterocycles. The molecule has 4 rings (SSSR count). The molecule has 1 aliphatic rings. The molecule has 0 unspecified atom stereocenters. The molecule has 0 atom stereocenters. The zero-order valence-electron chi connectivity index (χ0n) is 12.4. The number of nitrogens with zero attached hydrogens (tertiary/aromatic N) is 3. The van der Waals surface area contributed by atoms with Crippen LogP contribution in [0, 0.1) is 11.3 Å². The first-order chi connectivity index (χ1) is 10.8. The zero-order chi connectivity index (χ0) is 14.9. The SMILES string of the molecule is N#Cc1c(CN2CCc3ccccc3C2)cn2ccccc12. The summed E-state index contributed by atoms with van der Waals surface area (Å²) in [5.74, 6) is 0. The molecule has 3 nitrogen and oxygen atoms in total. The van der Waals surface area contributed by atoms with Crippen LogP contribution in [0.3, 0.4) is 0 Å². The molecule has 2 aromatic heterocycles. The molecule has 0 spiro atoms. The van der Waals surface area contributed by atoms with Gasteiger partial charge in [-0.15, -0.1) is 0 Å². The fourth-order valence-electron chi connectivity index (χ4n) is 3.36. The lowest BCUT2D eigenvalue weighted by Gasteiger charge is -2.28. The van der Waals surface area contributed by atoms with E-state index in [0.29, 0.717) is 0 Å². The van der Waals surface area contributed by atoms with E-state index in [1.54, 1.807) is 0 Å². The monoisotopic (exact) mass is 287 g/mol. The van der Waals surface area contributed by atoms with Crippen LogP contribution in [-0.4, -0.2) is 15.8 Å². The Morgan fingerprint density at radius 2 is 1.86 bits per heavy atom. The highest BCUT2D eigenvalue weighted by Crippen LogP contribution is 2.23. The first kappa shape index (κ1) is 13.1. The number of hydrogen-bond acceptors (Lipinski definition) is 2. The predicted octanol–water partition coefficient (Wildman–Crippen LogP) is 3.37. The van der Waals surface area contributed by atoms with E-state index >= 15 is 0 Å². The quantitative estimate of drug-likeness (QED) is 0.723. The summed E-state index contributed by atoms with van der Waals surface area (Å²) < 4.78 is 2.05. The van der Waals surface area contributed by atoms with Gasteiger partial charge in [0.25, 0.3) is 0 Å². The normalized spacial score (nSPS) is 14.7. The molecule has 0 N–H and O–H groups in total. The zero-order valence-corrected chi connectivity index (χ0v) is 12.4. The van der Waals surface area contributed by atoms with Gasteiger partial charge in [0.2, 0.25) is 0 Å². The van der Waals surface area contributed by atoms with Crippen molar-refractivity contribution in [2.45, 2.75) is 19.5 Å². The smallest absolute Gasteiger partial charge is 0.102 e. The minimum Gasteiger partial charge on any atom is -0.322 e. The van der Waals surface area contributed by atoms with Crippen molar-refractivity contribution in [1.82, 2.24) is 9.30 Å². The van der Waals surface area contributed by atoms with E-state index < -0.39 is 0 Å². The lowest BCUT2D eigenvalue weighted by Crippen LogP contribution is -2.30. The summed E-state index contributed by atoms with van der Waals surface area (Å²) in [5.41, 5.74) is 5.79. The molecule has 1 aliphatic heterocycles. The largest absolute Gasteiger partial charge is 0.322 e. The van der Waals surface area contributed by atoms with E-state index in [9.17, 15) is 5.26 Å². The molecule has 108 valence electrons. The highest BCUT2D eigenvalue weighted by atomic mass is 15.1. The van der Waals surface area contributed by atoms with Crippen LogP contribution in [0.5, 0.6) is 0 Å². The molecule has 3 heteroatoms. The van der Waals surface area contributed by atoms with Crippen molar-refractivity contribution in [1.29, 1.82) is 5.26 Å². The Bertz CT molecular complexity index is 870. The van der Waals surface area contributed by atoms with Crippen LogP contribution in [0.1, 0.15) is 22.3 Å². The average molecular weight is 287 g/mol. The minimum atomic E-state index is 0.805. The second kappa shape index (κ2) is 5.32. The minimum absolute atomic E-state index is 0.805. The molecular formula is C19H17N3. The molecule has 0 aliphatic carbocycles. The summed E-state index contributed by atoms with van der Waals surface area (Å²) in [5, 5.41) is 9.51. The van der Waals surface area contributed by atoms with E-state index in [1.165, 1.54) is 11.1 Å². The molecule has 3 aromatic rings. The van der Waals surface area contributed by atoms with Gasteiger partial charge >= 0.3 is 0 Å². The highest BCUT2D eigenvalue weighted by molar-refractivity contribution is 5.65. The number of pyridine rings is 1. The van der Waals surface area contributed by atoms with E-state index in [0.717, 1.165) is 42.7 Å². The van der Waals surface area contributed by atoms with Gasteiger partial charge in [0, 0.05) is 37.6 Å². The summed E-state index contributed by atoms with van der Waals surface area (Å²) >= 11 is 0. The van der Waals surface area contributed by atoms with Crippen LogP contribution in [0.4, 0.5) is 0 Å². The molecule has 0 saturated carbocycles. The predicted molar refractivity (Wildman–Crippen MR) is 86.4 cm³/mol. The van der Waals surface area contributed by atoms with E-state index in [1.807, 2.05) is 28.8 Å². The van der Waals surface area contributed by atoms with Crippen molar-refractivity contribution in [3.05, 3.63) is 77.1 Å².